The third-order valence-corrected chi connectivity index (χ3v) is 12.3. The topological polar surface area (TPSA) is 58.6 Å². The Labute approximate surface area is 357 Å². The average Bonchev–Trinajstić information content (AvgIpc) is 3.26. The van der Waals surface area contributed by atoms with Gasteiger partial charge in [-0.1, -0.05) is 156 Å². The first-order valence-electron chi connectivity index (χ1n) is 20.2. The van der Waals surface area contributed by atoms with E-state index in [1.165, 1.54) is 33.4 Å². The normalized spacial score (nSPS) is 13.7. The number of phosphoric ester groups is 1. The van der Waals surface area contributed by atoms with Gasteiger partial charge in [0.2, 0.25) is 0 Å². The van der Waals surface area contributed by atoms with Gasteiger partial charge in [0.1, 0.15) is 11.5 Å². The van der Waals surface area contributed by atoms with Crippen molar-refractivity contribution in [1.82, 2.24) is 0 Å². The number of phosphoric acid groups is 1. The van der Waals surface area contributed by atoms with Gasteiger partial charge in [-0.2, -0.15) is 0 Å². The zero-order valence-electron chi connectivity index (χ0n) is 35.6. The van der Waals surface area contributed by atoms with Crippen LogP contribution in [0.4, 0.5) is 0 Å². The molecule has 0 aliphatic carbocycles. The second kappa shape index (κ2) is 16.1. The molecule has 56 heavy (non-hydrogen) atoms. The second-order valence-electron chi connectivity index (χ2n) is 17.4. The van der Waals surface area contributed by atoms with Crippen molar-refractivity contribution in [2.24, 2.45) is 0 Å². The quantitative estimate of drug-likeness (QED) is 0.114. The summed E-state index contributed by atoms with van der Waals surface area (Å²) < 4.78 is 27.4. The Morgan fingerprint density at radius 3 is 1.04 bits per heavy atom. The second-order valence-corrected chi connectivity index (χ2v) is 18.7. The van der Waals surface area contributed by atoms with Gasteiger partial charge in [-0.05, 0) is 114 Å². The number of fused-ring (bicyclic) bond motifs is 7. The van der Waals surface area contributed by atoms with Crippen LogP contribution in [0.2, 0.25) is 0 Å². The summed E-state index contributed by atoms with van der Waals surface area (Å²) in [6.45, 7) is 26.6. The van der Waals surface area contributed by atoms with E-state index in [4.69, 9.17) is 9.05 Å². The van der Waals surface area contributed by atoms with Gasteiger partial charge >= 0.3 is 37.4 Å². The van der Waals surface area contributed by atoms with Crippen LogP contribution in [0.25, 0.3) is 54.9 Å². The van der Waals surface area contributed by atoms with Crippen molar-refractivity contribution >= 4 is 29.4 Å². The molecule has 0 amide bonds. The molecule has 6 heteroatoms. The predicted molar refractivity (Wildman–Crippen MR) is 231 cm³/mol. The van der Waals surface area contributed by atoms with Gasteiger partial charge in [-0.25, -0.2) is 4.57 Å². The molecule has 0 aromatic heterocycles. The Hall–Kier alpha value is -3.37. The van der Waals surface area contributed by atoms with Gasteiger partial charge in [0.15, 0.2) is 0 Å². The molecule has 0 N–H and O–H groups in total. The Balaban J connectivity index is 0.00000532. The summed E-state index contributed by atoms with van der Waals surface area (Å²) >= 11 is 0. The fourth-order valence-electron chi connectivity index (χ4n) is 8.49. The van der Waals surface area contributed by atoms with E-state index in [9.17, 15) is 9.46 Å². The first kappa shape index (κ1) is 42.2. The Morgan fingerprint density at radius 1 is 0.446 bits per heavy atom. The first-order chi connectivity index (χ1) is 26.0. The van der Waals surface area contributed by atoms with E-state index in [2.05, 4.69) is 156 Å². The molecular formula is C50H56NaO4P. The molecule has 1 aliphatic rings. The fourth-order valence-corrected chi connectivity index (χ4v) is 9.35. The SMILES string of the molecule is CC(C)c1cc(C(C)C)c(-c2cc3ccccc3c3c2OP(=O)([O-])Oc2c(-c4c(C(C)C)cc(C(C)C)cc4C(C)C)cc4ccccc4c2-3)c(C(C)C)c1.[Na+]. The van der Waals surface area contributed by atoms with Crippen LogP contribution in [-0.4, -0.2) is 0 Å². The van der Waals surface area contributed by atoms with Crippen LogP contribution < -0.4 is 43.5 Å². The zero-order chi connectivity index (χ0) is 39.7. The van der Waals surface area contributed by atoms with Crippen molar-refractivity contribution in [3.63, 3.8) is 0 Å². The summed E-state index contributed by atoms with van der Waals surface area (Å²) in [5, 5.41) is 3.84. The van der Waals surface area contributed by atoms with E-state index in [0.29, 0.717) is 23.3 Å². The molecule has 0 fully saturated rings. The molecule has 0 atom stereocenters. The van der Waals surface area contributed by atoms with Gasteiger partial charge in [-0.3, -0.25) is 0 Å². The molecule has 7 rings (SSSR count). The van der Waals surface area contributed by atoms with Gasteiger partial charge in [0, 0.05) is 22.3 Å². The van der Waals surface area contributed by atoms with E-state index in [0.717, 1.165) is 54.9 Å². The maximum atomic E-state index is 14.6. The summed E-state index contributed by atoms with van der Waals surface area (Å²) in [4.78, 5) is 14.6. The Morgan fingerprint density at radius 2 is 0.750 bits per heavy atom. The van der Waals surface area contributed by atoms with E-state index in [1.54, 1.807) is 0 Å². The molecule has 4 nitrogen and oxygen atoms in total. The minimum atomic E-state index is -5.00. The van der Waals surface area contributed by atoms with Crippen LogP contribution in [0.3, 0.4) is 0 Å². The predicted octanol–water partition coefficient (Wildman–Crippen LogP) is 12.0. The molecule has 0 unspecified atom stereocenters. The molecule has 0 radical (unpaired) electrons. The monoisotopic (exact) mass is 774 g/mol. The molecule has 6 aromatic rings. The third kappa shape index (κ3) is 7.54. The summed E-state index contributed by atoms with van der Waals surface area (Å²) in [6, 6.07) is 30.1. The molecule has 6 aromatic carbocycles. The van der Waals surface area contributed by atoms with Gasteiger partial charge in [-0.15, -0.1) is 0 Å². The first-order valence-corrected chi connectivity index (χ1v) is 21.6. The van der Waals surface area contributed by atoms with E-state index in [1.807, 2.05) is 12.1 Å². The molecular weight excluding hydrogens is 719 g/mol. The van der Waals surface area contributed by atoms with Gasteiger partial charge < -0.3 is 13.9 Å². The van der Waals surface area contributed by atoms with Crippen LogP contribution in [-0.2, 0) is 4.57 Å². The fraction of sp³-hybridized carbons (Fsp3) is 0.360. The summed E-state index contributed by atoms with van der Waals surface area (Å²) in [5.74, 6) is 2.01. The largest absolute Gasteiger partial charge is 1.00 e. The third-order valence-electron chi connectivity index (χ3n) is 11.5. The number of benzene rings is 6. The summed E-state index contributed by atoms with van der Waals surface area (Å²) in [6.07, 6.45) is 0. The standard InChI is InChI=1S/C50H57O4P.Na/c1-27(2)35-23-39(29(5)6)45(40(24-35)30(7)8)43-21-33-17-13-15-19-37(33)47-48-38-20-16-14-18-34(38)22-44(50(48)54-55(51,52)53-49(43)47)46-41(31(9)10)25-36(28(3)4)26-42(46)32(11)12;/h13-32H,1-12H3,(H,51,52);/q;+1/p-1. The van der Waals surface area contributed by atoms with Crippen molar-refractivity contribution in [3.05, 3.63) is 118 Å². The van der Waals surface area contributed by atoms with Crippen molar-refractivity contribution < 1.29 is 48.1 Å². The van der Waals surface area contributed by atoms with Crippen LogP contribution in [0.5, 0.6) is 11.5 Å². The zero-order valence-corrected chi connectivity index (χ0v) is 38.5. The molecule has 0 spiro atoms. The van der Waals surface area contributed by atoms with Gasteiger partial charge in [0.25, 0.3) is 0 Å². The molecule has 0 saturated carbocycles. The smallest absolute Gasteiger partial charge is 0.736 e. The number of hydrogen-bond donors (Lipinski definition) is 0. The van der Waals surface area contributed by atoms with Gasteiger partial charge in [0.05, 0.1) is 0 Å². The van der Waals surface area contributed by atoms with Crippen LogP contribution in [0.1, 0.15) is 152 Å². The minimum Gasteiger partial charge on any atom is -0.736 e. The summed E-state index contributed by atoms with van der Waals surface area (Å²) in [5.41, 5.74) is 12.3. The summed E-state index contributed by atoms with van der Waals surface area (Å²) in [7, 11) is -5.00. The maximum absolute atomic E-state index is 14.6. The van der Waals surface area contributed by atoms with Crippen LogP contribution in [0.15, 0.2) is 84.9 Å². The number of rotatable bonds is 8. The van der Waals surface area contributed by atoms with E-state index >= 15 is 0 Å². The van der Waals surface area contributed by atoms with Crippen molar-refractivity contribution in [2.75, 3.05) is 0 Å². The van der Waals surface area contributed by atoms with Crippen molar-refractivity contribution in [1.29, 1.82) is 0 Å². The molecule has 0 bridgehead atoms. The van der Waals surface area contributed by atoms with Crippen molar-refractivity contribution in [3.8, 4) is 44.9 Å². The molecule has 1 heterocycles. The Kier molecular flexibility index (Phi) is 12.2. The maximum Gasteiger partial charge on any atom is 1.00 e. The molecule has 0 saturated heterocycles. The molecule has 1 aliphatic heterocycles. The molecule has 286 valence electrons. The number of hydrogen-bond acceptors (Lipinski definition) is 4. The Bertz CT molecular complexity index is 2280. The minimum absolute atomic E-state index is 0. The van der Waals surface area contributed by atoms with E-state index < -0.39 is 7.82 Å². The van der Waals surface area contributed by atoms with Crippen LogP contribution >= 0.6 is 7.82 Å². The average molecular weight is 775 g/mol. The van der Waals surface area contributed by atoms with E-state index in [-0.39, 0.29) is 53.2 Å². The van der Waals surface area contributed by atoms with Crippen molar-refractivity contribution in [2.45, 2.75) is 119 Å². The van der Waals surface area contributed by atoms with Crippen LogP contribution in [0, 0.1) is 0 Å².